The highest BCUT2D eigenvalue weighted by Crippen LogP contribution is 2.15. The van der Waals surface area contributed by atoms with Crippen LogP contribution < -0.4 is 10.2 Å². The van der Waals surface area contributed by atoms with Gasteiger partial charge in [-0.05, 0) is 25.7 Å². The first kappa shape index (κ1) is 17.0. The molecule has 0 aromatic heterocycles. The van der Waals surface area contributed by atoms with Crippen molar-refractivity contribution in [3.8, 4) is 0 Å². The van der Waals surface area contributed by atoms with Gasteiger partial charge in [0, 0.05) is 6.42 Å². The fourth-order valence-electron chi connectivity index (χ4n) is 3.24. The van der Waals surface area contributed by atoms with Gasteiger partial charge in [0.2, 0.25) is 0 Å². The van der Waals surface area contributed by atoms with Gasteiger partial charge in [0.05, 0.1) is 33.2 Å². The maximum atomic E-state index is 2.66. The number of hydrogen-bond donors (Lipinski definition) is 2. The van der Waals surface area contributed by atoms with Crippen molar-refractivity contribution in [2.45, 2.75) is 83.1 Å². The Morgan fingerprint density at radius 1 is 0.789 bits per heavy atom. The third-order valence-corrected chi connectivity index (χ3v) is 4.53. The minimum atomic E-state index is 0.927. The number of hydrogen-bond acceptors (Lipinski definition) is 0. The van der Waals surface area contributed by atoms with Crippen LogP contribution in [0.15, 0.2) is 0 Å². The van der Waals surface area contributed by atoms with E-state index < -0.39 is 0 Å². The molecule has 2 nitrogen and oxygen atoms in total. The van der Waals surface area contributed by atoms with Crippen LogP contribution in [0.1, 0.15) is 77.0 Å². The predicted molar refractivity (Wildman–Crippen MR) is 83.7 cm³/mol. The standard InChI is InChI=1S/C17H36N2/c1-19(2)16-12-15-18-17-13-10-8-6-4-3-5-7-9-11-14-17/h17-18H,3-16H2,1-2H3/p+2. The summed E-state index contributed by atoms with van der Waals surface area (Å²) in [5, 5.41) is 2.66. The highest BCUT2D eigenvalue weighted by Gasteiger charge is 2.12. The number of rotatable bonds is 5. The molecule has 0 amide bonds. The molecule has 0 heterocycles. The van der Waals surface area contributed by atoms with Gasteiger partial charge in [-0.1, -0.05) is 44.9 Å². The Balaban J connectivity index is 2.15. The van der Waals surface area contributed by atoms with Crippen LogP contribution in [0.4, 0.5) is 0 Å². The zero-order valence-corrected chi connectivity index (χ0v) is 13.6. The van der Waals surface area contributed by atoms with E-state index in [-0.39, 0.29) is 0 Å². The molecule has 2 heteroatoms. The Kier molecular flexibility index (Phi) is 10.5. The molecule has 1 fully saturated rings. The number of quaternary nitrogens is 2. The zero-order valence-electron chi connectivity index (χ0n) is 13.6. The van der Waals surface area contributed by atoms with Crippen molar-refractivity contribution in [1.29, 1.82) is 0 Å². The van der Waals surface area contributed by atoms with Crippen LogP contribution in [0.25, 0.3) is 0 Å². The molecular weight excluding hydrogens is 232 g/mol. The second kappa shape index (κ2) is 11.7. The molecule has 0 unspecified atom stereocenters. The lowest BCUT2D eigenvalue weighted by molar-refractivity contribution is -0.860. The van der Waals surface area contributed by atoms with Crippen LogP contribution in [-0.4, -0.2) is 33.2 Å². The van der Waals surface area contributed by atoms with Crippen LogP contribution in [0.3, 0.4) is 0 Å². The van der Waals surface area contributed by atoms with E-state index in [4.69, 9.17) is 0 Å². The van der Waals surface area contributed by atoms with Gasteiger partial charge in [-0.3, -0.25) is 0 Å². The first-order chi connectivity index (χ1) is 9.29. The molecule has 1 aliphatic rings. The molecule has 1 aliphatic carbocycles. The second-order valence-electron chi connectivity index (χ2n) is 6.85. The molecule has 0 aromatic rings. The van der Waals surface area contributed by atoms with Gasteiger partial charge in [-0.25, -0.2) is 0 Å². The summed E-state index contributed by atoms with van der Waals surface area (Å²) in [6.07, 6.45) is 17.6. The largest absolute Gasteiger partial charge is 0.344 e. The average Bonchev–Trinajstić information content (AvgIpc) is 2.36. The summed E-state index contributed by atoms with van der Waals surface area (Å²) in [5.41, 5.74) is 0. The van der Waals surface area contributed by atoms with Crippen molar-refractivity contribution < 1.29 is 10.2 Å². The minimum absolute atomic E-state index is 0.927. The van der Waals surface area contributed by atoms with Crippen molar-refractivity contribution in [3.63, 3.8) is 0 Å². The SMILES string of the molecule is C[NH+](C)CCC[NH2+]C1CCCCCCCCCCC1. The lowest BCUT2D eigenvalue weighted by atomic mass is 9.98. The first-order valence-corrected chi connectivity index (χ1v) is 8.91. The quantitative estimate of drug-likeness (QED) is 0.711. The van der Waals surface area contributed by atoms with E-state index in [0.717, 1.165) is 6.04 Å². The molecule has 1 rings (SSSR count). The van der Waals surface area contributed by atoms with Crippen LogP contribution in [0, 0.1) is 0 Å². The summed E-state index contributed by atoms with van der Waals surface area (Å²) in [6.45, 7) is 2.67. The van der Waals surface area contributed by atoms with Crippen molar-refractivity contribution in [2.75, 3.05) is 27.2 Å². The van der Waals surface area contributed by atoms with E-state index in [1.807, 2.05) is 0 Å². The summed E-state index contributed by atoms with van der Waals surface area (Å²) in [4.78, 5) is 1.59. The minimum Gasteiger partial charge on any atom is -0.344 e. The zero-order chi connectivity index (χ0) is 13.8. The van der Waals surface area contributed by atoms with E-state index in [0.29, 0.717) is 0 Å². The Morgan fingerprint density at radius 2 is 1.26 bits per heavy atom. The maximum absolute atomic E-state index is 2.66. The molecular formula is C17H38N2+2. The van der Waals surface area contributed by atoms with Gasteiger partial charge < -0.3 is 10.2 Å². The van der Waals surface area contributed by atoms with Crippen LogP contribution in [0.5, 0.6) is 0 Å². The molecule has 114 valence electrons. The lowest BCUT2D eigenvalue weighted by Crippen LogP contribution is -3.06. The highest BCUT2D eigenvalue weighted by atomic mass is 15.1. The molecule has 0 spiro atoms. The van der Waals surface area contributed by atoms with Gasteiger partial charge in [0.25, 0.3) is 0 Å². The van der Waals surface area contributed by atoms with Gasteiger partial charge in [-0.15, -0.1) is 0 Å². The van der Waals surface area contributed by atoms with Gasteiger partial charge in [0.1, 0.15) is 0 Å². The Morgan fingerprint density at radius 3 is 1.74 bits per heavy atom. The second-order valence-corrected chi connectivity index (χ2v) is 6.85. The summed E-state index contributed by atoms with van der Waals surface area (Å²) in [5.74, 6) is 0. The Labute approximate surface area is 121 Å². The van der Waals surface area contributed by atoms with Crippen molar-refractivity contribution >= 4 is 0 Å². The molecule has 0 bridgehead atoms. The van der Waals surface area contributed by atoms with E-state index in [1.165, 1.54) is 90.1 Å². The van der Waals surface area contributed by atoms with Gasteiger partial charge in [-0.2, -0.15) is 0 Å². The first-order valence-electron chi connectivity index (χ1n) is 8.91. The van der Waals surface area contributed by atoms with Crippen LogP contribution >= 0.6 is 0 Å². The molecule has 0 aromatic carbocycles. The highest BCUT2D eigenvalue weighted by molar-refractivity contribution is 4.59. The smallest absolute Gasteiger partial charge is 0.0859 e. The fraction of sp³-hybridized carbons (Fsp3) is 1.00. The summed E-state index contributed by atoms with van der Waals surface area (Å²) in [6, 6.07) is 0.927. The lowest BCUT2D eigenvalue weighted by Gasteiger charge is -2.17. The van der Waals surface area contributed by atoms with Crippen LogP contribution in [-0.2, 0) is 0 Å². The van der Waals surface area contributed by atoms with Gasteiger partial charge in [0.15, 0.2) is 0 Å². The predicted octanol–water partition coefficient (Wildman–Crippen LogP) is 1.76. The molecule has 3 N–H and O–H groups in total. The van der Waals surface area contributed by atoms with E-state index in [1.54, 1.807) is 4.90 Å². The summed E-state index contributed by atoms with van der Waals surface area (Å²) >= 11 is 0. The molecule has 1 saturated carbocycles. The maximum Gasteiger partial charge on any atom is 0.0859 e. The summed E-state index contributed by atoms with van der Waals surface area (Å²) in [7, 11) is 4.52. The molecule has 0 atom stereocenters. The molecule has 0 radical (unpaired) electrons. The van der Waals surface area contributed by atoms with E-state index in [2.05, 4.69) is 19.4 Å². The topological polar surface area (TPSA) is 21.1 Å². The van der Waals surface area contributed by atoms with E-state index in [9.17, 15) is 0 Å². The van der Waals surface area contributed by atoms with Crippen molar-refractivity contribution in [3.05, 3.63) is 0 Å². The summed E-state index contributed by atoms with van der Waals surface area (Å²) < 4.78 is 0. The number of nitrogens with one attached hydrogen (secondary N) is 1. The van der Waals surface area contributed by atoms with Gasteiger partial charge >= 0.3 is 0 Å². The fourth-order valence-corrected chi connectivity index (χ4v) is 3.24. The number of nitrogens with two attached hydrogens (primary N) is 1. The third kappa shape index (κ3) is 10.4. The third-order valence-electron chi connectivity index (χ3n) is 4.53. The van der Waals surface area contributed by atoms with Crippen molar-refractivity contribution in [1.82, 2.24) is 0 Å². The average molecular weight is 271 g/mol. The Hall–Kier alpha value is -0.0800. The van der Waals surface area contributed by atoms with Crippen molar-refractivity contribution in [2.24, 2.45) is 0 Å². The van der Waals surface area contributed by atoms with E-state index >= 15 is 0 Å². The molecule has 0 saturated heterocycles. The Bertz CT molecular complexity index is 180. The monoisotopic (exact) mass is 270 g/mol. The normalized spacial score (nSPS) is 21.0. The van der Waals surface area contributed by atoms with Crippen LogP contribution in [0.2, 0.25) is 0 Å². The molecule has 19 heavy (non-hydrogen) atoms. The molecule has 0 aliphatic heterocycles.